The highest BCUT2D eigenvalue weighted by molar-refractivity contribution is 9.10. The average molecular weight is 430 g/mol. The zero-order valence-corrected chi connectivity index (χ0v) is 16.5. The van der Waals surface area contributed by atoms with Gasteiger partial charge in [-0.3, -0.25) is 9.78 Å². The SMILES string of the molecule is Cc1cc(C(=O)N[C@H]2CC[C@H](Oc3ccnc4c(Br)cccc34)CC2)no1. The maximum absolute atomic E-state index is 12.2. The molecule has 1 fully saturated rings. The molecular weight excluding hydrogens is 410 g/mol. The van der Waals surface area contributed by atoms with Crippen LogP contribution in [0.15, 0.2) is 45.5 Å². The molecule has 1 amide bonds. The van der Waals surface area contributed by atoms with E-state index in [0.717, 1.165) is 46.8 Å². The molecule has 0 spiro atoms. The van der Waals surface area contributed by atoms with Crippen LogP contribution < -0.4 is 10.1 Å². The molecule has 0 saturated heterocycles. The molecule has 7 heteroatoms. The number of hydrogen-bond donors (Lipinski definition) is 1. The lowest BCUT2D eigenvalue weighted by Gasteiger charge is -2.29. The number of carbonyl (C=O) groups excluding carboxylic acids is 1. The molecule has 27 heavy (non-hydrogen) atoms. The average Bonchev–Trinajstić information content (AvgIpc) is 3.11. The van der Waals surface area contributed by atoms with Gasteiger partial charge in [-0.05, 0) is 66.7 Å². The number of rotatable bonds is 4. The second kappa shape index (κ2) is 7.68. The molecule has 0 aliphatic heterocycles. The van der Waals surface area contributed by atoms with Gasteiger partial charge in [0.1, 0.15) is 11.5 Å². The Kier molecular flexibility index (Phi) is 5.11. The zero-order chi connectivity index (χ0) is 18.8. The Labute approximate surface area is 165 Å². The Balaban J connectivity index is 1.36. The summed E-state index contributed by atoms with van der Waals surface area (Å²) in [5.74, 6) is 1.31. The number of ether oxygens (including phenoxy) is 1. The number of hydrogen-bond acceptors (Lipinski definition) is 5. The highest BCUT2D eigenvalue weighted by Crippen LogP contribution is 2.31. The number of benzene rings is 1. The van der Waals surface area contributed by atoms with E-state index >= 15 is 0 Å². The maximum Gasteiger partial charge on any atom is 0.273 e. The molecule has 0 unspecified atom stereocenters. The first kappa shape index (κ1) is 18.0. The summed E-state index contributed by atoms with van der Waals surface area (Å²) < 4.78 is 12.2. The topological polar surface area (TPSA) is 77.2 Å². The predicted octanol–water partition coefficient (Wildman–Crippen LogP) is 4.41. The van der Waals surface area contributed by atoms with Gasteiger partial charge in [-0.25, -0.2) is 0 Å². The van der Waals surface area contributed by atoms with E-state index in [1.165, 1.54) is 0 Å². The molecule has 4 rings (SSSR count). The third kappa shape index (κ3) is 3.98. The zero-order valence-electron chi connectivity index (χ0n) is 14.9. The van der Waals surface area contributed by atoms with E-state index in [9.17, 15) is 4.79 Å². The van der Waals surface area contributed by atoms with Gasteiger partial charge < -0.3 is 14.6 Å². The standard InChI is InChI=1S/C20H20BrN3O3/c1-12-11-17(24-27-12)20(25)23-13-5-7-14(8-6-13)26-18-9-10-22-19-15(18)3-2-4-16(19)21/h2-4,9-11,13-14H,5-8H2,1H3,(H,23,25)/t13-,14-. The van der Waals surface area contributed by atoms with Gasteiger partial charge in [0.05, 0.1) is 11.6 Å². The van der Waals surface area contributed by atoms with Crippen molar-refractivity contribution in [1.82, 2.24) is 15.5 Å². The summed E-state index contributed by atoms with van der Waals surface area (Å²) in [4.78, 5) is 16.6. The van der Waals surface area contributed by atoms with Crippen molar-refractivity contribution in [2.45, 2.75) is 44.8 Å². The molecule has 2 heterocycles. The van der Waals surface area contributed by atoms with Crippen LogP contribution in [0.25, 0.3) is 10.9 Å². The number of para-hydroxylation sites is 1. The van der Waals surface area contributed by atoms with E-state index in [2.05, 4.69) is 31.4 Å². The summed E-state index contributed by atoms with van der Waals surface area (Å²) in [5, 5.41) is 7.81. The van der Waals surface area contributed by atoms with E-state index < -0.39 is 0 Å². The summed E-state index contributed by atoms with van der Waals surface area (Å²) in [5.41, 5.74) is 1.23. The highest BCUT2D eigenvalue weighted by atomic mass is 79.9. The van der Waals surface area contributed by atoms with Crippen LogP contribution in [0.4, 0.5) is 0 Å². The van der Waals surface area contributed by atoms with Crippen molar-refractivity contribution in [2.24, 2.45) is 0 Å². The van der Waals surface area contributed by atoms with Gasteiger partial charge in [-0.1, -0.05) is 11.2 Å². The molecule has 1 aliphatic carbocycles. The number of nitrogens with one attached hydrogen (secondary N) is 1. The summed E-state index contributed by atoms with van der Waals surface area (Å²) in [6, 6.07) is 9.68. The van der Waals surface area contributed by atoms with Crippen LogP contribution in [-0.2, 0) is 0 Å². The lowest BCUT2D eigenvalue weighted by molar-refractivity contribution is 0.0886. The van der Waals surface area contributed by atoms with Crippen LogP contribution in [0.2, 0.25) is 0 Å². The number of carbonyl (C=O) groups is 1. The van der Waals surface area contributed by atoms with Gasteiger partial charge in [0.2, 0.25) is 0 Å². The number of halogens is 1. The fraction of sp³-hybridized carbons (Fsp3) is 0.350. The van der Waals surface area contributed by atoms with Crippen LogP contribution in [0.3, 0.4) is 0 Å². The van der Waals surface area contributed by atoms with Crippen molar-refractivity contribution >= 4 is 32.7 Å². The lowest BCUT2D eigenvalue weighted by atomic mass is 9.92. The first-order valence-corrected chi connectivity index (χ1v) is 9.83. The minimum Gasteiger partial charge on any atom is -0.490 e. The quantitative estimate of drug-likeness (QED) is 0.664. The van der Waals surface area contributed by atoms with Crippen LogP contribution in [-0.4, -0.2) is 28.2 Å². The van der Waals surface area contributed by atoms with Crippen molar-refractivity contribution in [3.8, 4) is 5.75 Å². The fourth-order valence-corrected chi connectivity index (χ4v) is 3.92. The Morgan fingerprint density at radius 2 is 2.07 bits per heavy atom. The Morgan fingerprint density at radius 3 is 2.81 bits per heavy atom. The minimum atomic E-state index is -0.179. The molecule has 0 radical (unpaired) electrons. The minimum absolute atomic E-state index is 0.136. The molecule has 2 aromatic heterocycles. The van der Waals surface area contributed by atoms with Crippen molar-refractivity contribution in [2.75, 3.05) is 0 Å². The van der Waals surface area contributed by atoms with E-state index in [-0.39, 0.29) is 18.1 Å². The van der Waals surface area contributed by atoms with E-state index in [1.807, 2.05) is 24.3 Å². The number of nitrogens with zero attached hydrogens (tertiary/aromatic N) is 2. The maximum atomic E-state index is 12.2. The number of amides is 1. The fourth-order valence-electron chi connectivity index (χ4n) is 3.45. The highest BCUT2D eigenvalue weighted by Gasteiger charge is 2.25. The lowest BCUT2D eigenvalue weighted by Crippen LogP contribution is -2.39. The molecular formula is C20H20BrN3O3. The number of pyridine rings is 1. The largest absolute Gasteiger partial charge is 0.490 e. The molecule has 1 N–H and O–H groups in total. The van der Waals surface area contributed by atoms with Gasteiger partial charge in [0, 0.05) is 28.2 Å². The first-order valence-electron chi connectivity index (χ1n) is 9.04. The van der Waals surface area contributed by atoms with Gasteiger partial charge in [0.25, 0.3) is 5.91 Å². The second-order valence-electron chi connectivity index (χ2n) is 6.83. The Hall–Kier alpha value is -2.41. The third-order valence-electron chi connectivity index (χ3n) is 4.85. The molecule has 1 aliphatic rings. The summed E-state index contributed by atoms with van der Waals surface area (Å²) in [7, 11) is 0. The van der Waals surface area contributed by atoms with Crippen LogP contribution in [0.1, 0.15) is 41.9 Å². The molecule has 1 saturated carbocycles. The van der Waals surface area contributed by atoms with Crippen LogP contribution in [0, 0.1) is 6.92 Å². The smallest absolute Gasteiger partial charge is 0.273 e. The second-order valence-corrected chi connectivity index (χ2v) is 7.69. The Morgan fingerprint density at radius 1 is 1.26 bits per heavy atom. The van der Waals surface area contributed by atoms with Crippen LogP contribution in [0.5, 0.6) is 5.75 Å². The summed E-state index contributed by atoms with van der Waals surface area (Å²) in [6.07, 6.45) is 5.44. The molecule has 140 valence electrons. The summed E-state index contributed by atoms with van der Waals surface area (Å²) in [6.45, 7) is 1.77. The molecule has 1 aromatic carbocycles. The Bertz CT molecular complexity index is 964. The van der Waals surface area contributed by atoms with E-state index in [4.69, 9.17) is 9.26 Å². The van der Waals surface area contributed by atoms with E-state index in [1.54, 1.807) is 19.2 Å². The molecule has 0 bridgehead atoms. The number of fused-ring (bicyclic) bond motifs is 1. The molecule has 3 aromatic rings. The van der Waals surface area contributed by atoms with Crippen molar-refractivity contribution in [3.05, 3.63) is 52.5 Å². The van der Waals surface area contributed by atoms with E-state index in [0.29, 0.717) is 11.5 Å². The van der Waals surface area contributed by atoms with Gasteiger partial charge in [-0.15, -0.1) is 0 Å². The van der Waals surface area contributed by atoms with Crippen molar-refractivity contribution < 1.29 is 14.1 Å². The van der Waals surface area contributed by atoms with Gasteiger partial charge in [-0.2, -0.15) is 0 Å². The van der Waals surface area contributed by atoms with Crippen molar-refractivity contribution in [3.63, 3.8) is 0 Å². The van der Waals surface area contributed by atoms with Crippen LogP contribution >= 0.6 is 15.9 Å². The third-order valence-corrected chi connectivity index (χ3v) is 5.49. The summed E-state index contributed by atoms with van der Waals surface area (Å²) >= 11 is 3.54. The first-order chi connectivity index (χ1) is 13.1. The predicted molar refractivity (Wildman–Crippen MR) is 105 cm³/mol. The monoisotopic (exact) mass is 429 g/mol. The normalized spacial score (nSPS) is 19.8. The van der Waals surface area contributed by atoms with Gasteiger partial charge >= 0.3 is 0 Å². The molecule has 0 atom stereocenters. The van der Waals surface area contributed by atoms with Gasteiger partial charge in [0.15, 0.2) is 5.69 Å². The van der Waals surface area contributed by atoms with Crippen molar-refractivity contribution in [1.29, 1.82) is 0 Å². The number of aryl methyl sites for hydroxylation is 1. The number of aromatic nitrogens is 2. The molecule has 6 nitrogen and oxygen atoms in total.